The van der Waals surface area contributed by atoms with E-state index < -0.39 is 10.0 Å². The highest BCUT2D eigenvalue weighted by atomic mass is 32.2. The number of aryl methyl sites for hydroxylation is 1. The van der Waals surface area contributed by atoms with Crippen LogP contribution < -0.4 is 10.5 Å². The molecule has 3 aliphatic rings. The first kappa shape index (κ1) is 13.6. The van der Waals surface area contributed by atoms with Crippen molar-refractivity contribution in [1.29, 1.82) is 0 Å². The summed E-state index contributed by atoms with van der Waals surface area (Å²) in [4.78, 5) is 0.306. The highest BCUT2D eigenvalue weighted by molar-refractivity contribution is 7.89. The van der Waals surface area contributed by atoms with Gasteiger partial charge >= 0.3 is 0 Å². The minimum absolute atomic E-state index is 0.170. The van der Waals surface area contributed by atoms with Crippen molar-refractivity contribution >= 4 is 15.7 Å². The van der Waals surface area contributed by atoms with Gasteiger partial charge in [-0.1, -0.05) is 0 Å². The first-order valence-electron chi connectivity index (χ1n) is 7.77. The van der Waals surface area contributed by atoms with Crippen molar-refractivity contribution in [3.8, 4) is 0 Å². The molecule has 4 unspecified atom stereocenters. The Bertz CT molecular complexity index is 674. The summed E-state index contributed by atoms with van der Waals surface area (Å²) in [7, 11) is -3.45. The predicted octanol–water partition coefficient (Wildman–Crippen LogP) is 2.21. The lowest BCUT2D eigenvalue weighted by Crippen LogP contribution is -2.30. The zero-order chi connectivity index (χ0) is 14.9. The summed E-state index contributed by atoms with van der Waals surface area (Å²) in [5, 5.41) is 0. The molecular weight excluding hydrogens is 284 g/mol. The SMILES string of the molecule is Cc1cc(S(=O)(=O)NC2C3C4CCC(C4)C23)cc(N)c1C. The number of hydrogen-bond acceptors (Lipinski definition) is 3. The third-order valence-corrected chi connectivity index (χ3v) is 7.46. The Morgan fingerprint density at radius 1 is 1.14 bits per heavy atom. The van der Waals surface area contributed by atoms with E-state index in [1.165, 1.54) is 19.3 Å². The van der Waals surface area contributed by atoms with E-state index in [1.807, 2.05) is 13.8 Å². The Balaban J connectivity index is 1.58. The largest absolute Gasteiger partial charge is 0.398 e. The fourth-order valence-electron chi connectivity index (χ4n) is 4.74. The van der Waals surface area contributed by atoms with Gasteiger partial charge in [-0.3, -0.25) is 0 Å². The van der Waals surface area contributed by atoms with Gasteiger partial charge in [0.25, 0.3) is 0 Å². The third-order valence-electron chi connectivity index (χ3n) is 6.02. The smallest absolute Gasteiger partial charge is 0.240 e. The van der Waals surface area contributed by atoms with Crippen LogP contribution in [-0.4, -0.2) is 14.5 Å². The molecule has 0 aromatic heterocycles. The van der Waals surface area contributed by atoms with Crippen LogP contribution in [0.1, 0.15) is 30.4 Å². The molecule has 21 heavy (non-hydrogen) atoms. The predicted molar refractivity (Wildman–Crippen MR) is 82.2 cm³/mol. The molecule has 3 fully saturated rings. The zero-order valence-electron chi connectivity index (χ0n) is 12.5. The summed E-state index contributed by atoms with van der Waals surface area (Å²) >= 11 is 0. The maximum atomic E-state index is 12.6. The topological polar surface area (TPSA) is 72.2 Å². The highest BCUT2D eigenvalue weighted by Gasteiger charge is 2.65. The molecule has 1 aromatic carbocycles. The number of fused-ring (bicyclic) bond motifs is 5. The van der Waals surface area contributed by atoms with Gasteiger partial charge in [0, 0.05) is 11.7 Å². The van der Waals surface area contributed by atoms with E-state index in [0.717, 1.165) is 23.0 Å². The van der Waals surface area contributed by atoms with Crippen LogP contribution >= 0.6 is 0 Å². The number of nitrogen functional groups attached to an aromatic ring is 1. The molecule has 3 aliphatic carbocycles. The molecule has 5 heteroatoms. The van der Waals surface area contributed by atoms with Crippen molar-refractivity contribution in [3.05, 3.63) is 23.3 Å². The van der Waals surface area contributed by atoms with Crippen LogP contribution in [-0.2, 0) is 10.0 Å². The van der Waals surface area contributed by atoms with Crippen molar-refractivity contribution in [1.82, 2.24) is 4.72 Å². The van der Waals surface area contributed by atoms with Gasteiger partial charge in [-0.2, -0.15) is 0 Å². The normalized spacial score (nSPS) is 36.8. The molecule has 114 valence electrons. The summed E-state index contributed by atoms with van der Waals surface area (Å²) in [6, 6.07) is 3.47. The van der Waals surface area contributed by atoms with Crippen molar-refractivity contribution in [3.63, 3.8) is 0 Å². The molecule has 4 rings (SSSR count). The van der Waals surface area contributed by atoms with Gasteiger partial charge in [0.15, 0.2) is 0 Å². The van der Waals surface area contributed by atoms with E-state index in [2.05, 4.69) is 4.72 Å². The molecule has 4 atom stereocenters. The number of anilines is 1. The van der Waals surface area contributed by atoms with Gasteiger partial charge in [0.2, 0.25) is 10.0 Å². The van der Waals surface area contributed by atoms with Crippen LogP contribution in [0.25, 0.3) is 0 Å². The number of benzene rings is 1. The number of sulfonamides is 1. The molecule has 2 bridgehead atoms. The fraction of sp³-hybridized carbons (Fsp3) is 0.625. The number of nitrogens with one attached hydrogen (secondary N) is 1. The Labute approximate surface area is 126 Å². The maximum Gasteiger partial charge on any atom is 0.240 e. The zero-order valence-corrected chi connectivity index (χ0v) is 13.3. The van der Waals surface area contributed by atoms with Crippen molar-refractivity contribution < 1.29 is 8.42 Å². The van der Waals surface area contributed by atoms with Gasteiger partial charge in [0.1, 0.15) is 0 Å². The van der Waals surface area contributed by atoms with E-state index in [-0.39, 0.29) is 6.04 Å². The summed E-state index contributed by atoms with van der Waals surface area (Å²) in [5.74, 6) is 2.72. The lowest BCUT2D eigenvalue weighted by molar-refractivity contribution is 0.456. The fourth-order valence-corrected chi connectivity index (χ4v) is 6.16. The van der Waals surface area contributed by atoms with E-state index >= 15 is 0 Å². The Morgan fingerprint density at radius 3 is 2.33 bits per heavy atom. The summed E-state index contributed by atoms with van der Waals surface area (Å²) in [6.07, 6.45) is 3.91. The second kappa shape index (κ2) is 4.23. The second-order valence-electron chi connectivity index (χ2n) is 7.09. The molecule has 0 saturated heterocycles. The van der Waals surface area contributed by atoms with E-state index in [9.17, 15) is 8.42 Å². The Kier molecular flexibility index (Phi) is 2.74. The minimum Gasteiger partial charge on any atom is -0.398 e. The Morgan fingerprint density at radius 2 is 1.76 bits per heavy atom. The minimum atomic E-state index is -3.45. The summed E-state index contributed by atoms with van der Waals surface area (Å²) in [6.45, 7) is 3.81. The molecule has 0 radical (unpaired) electrons. The van der Waals surface area contributed by atoms with Crippen LogP contribution in [0.3, 0.4) is 0 Å². The number of hydrogen-bond donors (Lipinski definition) is 2. The highest BCUT2D eigenvalue weighted by Crippen LogP contribution is 2.65. The van der Waals surface area contributed by atoms with Gasteiger partial charge in [-0.25, -0.2) is 13.1 Å². The van der Waals surface area contributed by atoms with Gasteiger partial charge in [-0.05, 0) is 80.0 Å². The van der Waals surface area contributed by atoms with Gasteiger partial charge in [-0.15, -0.1) is 0 Å². The maximum absolute atomic E-state index is 12.6. The number of nitrogens with two attached hydrogens (primary N) is 1. The standard InChI is InChI=1S/C16H22N2O2S/c1-8-5-12(7-13(17)9(8)2)21(19,20)18-16-14-10-3-4-11(6-10)15(14)16/h5,7,10-11,14-16,18H,3-4,6,17H2,1-2H3. The van der Waals surface area contributed by atoms with Crippen molar-refractivity contribution in [2.75, 3.05) is 5.73 Å². The lowest BCUT2D eigenvalue weighted by atomic mass is 10.0. The van der Waals surface area contributed by atoms with Crippen LogP contribution in [0.15, 0.2) is 17.0 Å². The molecule has 0 heterocycles. The first-order chi connectivity index (χ1) is 9.88. The van der Waals surface area contributed by atoms with Gasteiger partial charge in [0.05, 0.1) is 4.90 Å². The lowest BCUT2D eigenvalue weighted by Gasteiger charge is -2.13. The molecule has 0 aliphatic heterocycles. The van der Waals surface area contributed by atoms with E-state index in [1.54, 1.807) is 12.1 Å². The third kappa shape index (κ3) is 1.94. The molecule has 3 N–H and O–H groups in total. The van der Waals surface area contributed by atoms with Crippen LogP contribution in [0.4, 0.5) is 5.69 Å². The average molecular weight is 306 g/mol. The summed E-state index contributed by atoms with van der Waals surface area (Å²) < 4.78 is 28.1. The molecule has 1 aromatic rings. The second-order valence-corrected chi connectivity index (χ2v) is 8.80. The Hall–Kier alpha value is -1.07. The summed E-state index contributed by atoms with van der Waals surface area (Å²) in [5.41, 5.74) is 8.34. The average Bonchev–Trinajstić information content (AvgIpc) is 2.83. The van der Waals surface area contributed by atoms with E-state index in [4.69, 9.17) is 5.73 Å². The molecule has 0 spiro atoms. The molecular formula is C16H22N2O2S. The van der Waals surface area contributed by atoms with Crippen LogP contribution in [0, 0.1) is 37.5 Å². The monoisotopic (exact) mass is 306 g/mol. The van der Waals surface area contributed by atoms with E-state index in [0.29, 0.717) is 22.4 Å². The van der Waals surface area contributed by atoms with Gasteiger partial charge < -0.3 is 5.73 Å². The first-order valence-corrected chi connectivity index (χ1v) is 9.26. The van der Waals surface area contributed by atoms with Crippen LogP contribution in [0.5, 0.6) is 0 Å². The molecule has 3 saturated carbocycles. The number of rotatable bonds is 3. The van der Waals surface area contributed by atoms with Crippen molar-refractivity contribution in [2.45, 2.75) is 44.0 Å². The quantitative estimate of drug-likeness (QED) is 0.841. The molecule has 4 nitrogen and oxygen atoms in total. The van der Waals surface area contributed by atoms with Crippen LogP contribution in [0.2, 0.25) is 0 Å². The molecule has 0 amide bonds. The van der Waals surface area contributed by atoms with Crippen molar-refractivity contribution in [2.24, 2.45) is 23.7 Å².